The molecule has 0 spiro atoms. The molecule has 0 saturated heterocycles. The molecule has 1 aliphatic carbocycles. The quantitative estimate of drug-likeness (QED) is 0.780. The van der Waals surface area contributed by atoms with Crippen molar-refractivity contribution in [2.75, 3.05) is 19.0 Å². The van der Waals surface area contributed by atoms with E-state index in [1.165, 1.54) is 27.2 Å². The minimum atomic E-state index is -0.211. The SMILES string of the molecule is CC(CO)N(C)C(=O)Nc1ccc2c(c1)Cc1ccccc1-2. The third-order valence-corrected chi connectivity index (χ3v) is 4.29. The fraction of sp³-hybridized carbons (Fsp3) is 0.278. The number of amides is 2. The number of likely N-dealkylation sites (N-methyl/N-ethyl adjacent to an activating group) is 1. The number of aliphatic hydroxyl groups excluding tert-OH is 1. The predicted octanol–water partition coefficient (Wildman–Crippen LogP) is 3.10. The van der Waals surface area contributed by atoms with E-state index in [-0.39, 0.29) is 18.7 Å². The van der Waals surface area contributed by atoms with Gasteiger partial charge < -0.3 is 15.3 Å². The molecule has 0 heterocycles. The van der Waals surface area contributed by atoms with E-state index in [9.17, 15) is 4.79 Å². The van der Waals surface area contributed by atoms with E-state index in [1.54, 1.807) is 14.0 Å². The first-order chi connectivity index (χ1) is 10.6. The molecular weight excluding hydrogens is 276 g/mol. The van der Waals surface area contributed by atoms with Crippen molar-refractivity contribution in [3.8, 4) is 11.1 Å². The summed E-state index contributed by atoms with van der Waals surface area (Å²) in [4.78, 5) is 13.6. The fourth-order valence-electron chi connectivity index (χ4n) is 2.76. The summed E-state index contributed by atoms with van der Waals surface area (Å²) < 4.78 is 0. The molecule has 2 aromatic rings. The van der Waals surface area contributed by atoms with Crippen molar-refractivity contribution in [1.29, 1.82) is 0 Å². The molecule has 1 aliphatic rings. The number of rotatable bonds is 3. The van der Waals surface area contributed by atoms with Gasteiger partial charge >= 0.3 is 6.03 Å². The monoisotopic (exact) mass is 296 g/mol. The molecule has 114 valence electrons. The lowest BCUT2D eigenvalue weighted by molar-refractivity contribution is 0.166. The first-order valence-electron chi connectivity index (χ1n) is 7.46. The molecular formula is C18H20N2O2. The largest absolute Gasteiger partial charge is 0.394 e. The average molecular weight is 296 g/mol. The molecule has 0 radical (unpaired) electrons. The molecule has 0 saturated carbocycles. The maximum atomic E-state index is 12.1. The van der Waals surface area contributed by atoms with Crippen molar-refractivity contribution in [2.45, 2.75) is 19.4 Å². The van der Waals surface area contributed by atoms with Gasteiger partial charge in [0.05, 0.1) is 12.6 Å². The zero-order valence-electron chi connectivity index (χ0n) is 12.8. The van der Waals surface area contributed by atoms with Crippen LogP contribution in [0.4, 0.5) is 10.5 Å². The zero-order chi connectivity index (χ0) is 15.7. The summed E-state index contributed by atoms with van der Waals surface area (Å²) in [6, 6.07) is 14.0. The number of nitrogens with zero attached hydrogens (tertiary/aromatic N) is 1. The molecule has 2 N–H and O–H groups in total. The van der Waals surface area contributed by atoms with Crippen LogP contribution in [0.1, 0.15) is 18.1 Å². The van der Waals surface area contributed by atoms with E-state index >= 15 is 0 Å². The Morgan fingerprint density at radius 1 is 1.23 bits per heavy atom. The standard InChI is InChI=1S/C18H20N2O2/c1-12(11-21)20(2)18(22)19-15-7-8-17-14(10-15)9-13-5-3-4-6-16(13)17/h3-8,10,12,21H,9,11H2,1-2H3,(H,19,22). The van der Waals surface area contributed by atoms with Gasteiger partial charge in [-0.25, -0.2) is 4.79 Å². The number of fused-ring (bicyclic) bond motifs is 3. The molecule has 3 rings (SSSR count). The van der Waals surface area contributed by atoms with Crippen LogP contribution in [0.3, 0.4) is 0 Å². The minimum Gasteiger partial charge on any atom is -0.394 e. The van der Waals surface area contributed by atoms with E-state index in [0.717, 1.165) is 12.1 Å². The normalized spacial score (nSPS) is 13.2. The third kappa shape index (κ3) is 2.57. The minimum absolute atomic E-state index is 0.0522. The van der Waals surface area contributed by atoms with Crippen LogP contribution in [0.25, 0.3) is 11.1 Å². The summed E-state index contributed by atoms with van der Waals surface area (Å²) in [5.41, 5.74) is 5.87. The van der Waals surface area contributed by atoms with Gasteiger partial charge in [0.15, 0.2) is 0 Å². The highest BCUT2D eigenvalue weighted by atomic mass is 16.3. The molecule has 0 aliphatic heterocycles. The Kier molecular flexibility index (Phi) is 3.86. The number of carbonyl (C=O) groups is 1. The third-order valence-electron chi connectivity index (χ3n) is 4.29. The maximum absolute atomic E-state index is 12.1. The predicted molar refractivity (Wildman–Crippen MR) is 88.0 cm³/mol. The van der Waals surface area contributed by atoms with Crippen molar-refractivity contribution in [3.05, 3.63) is 53.6 Å². The van der Waals surface area contributed by atoms with Crippen LogP contribution in [-0.4, -0.2) is 35.7 Å². The topological polar surface area (TPSA) is 52.6 Å². The number of aliphatic hydroxyl groups is 1. The number of urea groups is 1. The lowest BCUT2D eigenvalue weighted by Gasteiger charge is -2.23. The van der Waals surface area contributed by atoms with Gasteiger partial charge in [-0.1, -0.05) is 30.3 Å². The molecule has 0 bridgehead atoms. The Balaban J connectivity index is 1.79. The van der Waals surface area contributed by atoms with Crippen molar-refractivity contribution in [1.82, 2.24) is 4.90 Å². The Morgan fingerprint density at radius 3 is 2.73 bits per heavy atom. The van der Waals surface area contributed by atoms with E-state index in [0.29, 0.717) is 0 Å². The van der Waals surface area contributed by atoms with Crippen LogP contribution in [0.15, 0.2) is 42.5 Å². The van der Waals surface area contributed by atoms with Gasteiger partial charge in [-0.15, -0.1) is 0 Å². The Hall–Kier alpha value is -2.33. The number of carbonyl (C=O) groups excluding carboxylic acids is 1. The molecule has 1 unspecified atom stereocenters. The second-order valence-corrected chi connectivity index (χ2v) is 5.78. The van der Waals surface area contributed by atoms with E-state index < -0.39 is 0 Å². The number of nitrogens with one attached hydrogen (secondary N) is 1. The van der Waals surface area contributed by atoms with Crippen molar-refractivity contribution >= 4 is 11.7 Å². The Morgan fingerprint density at radius 2 is 1.95 bits per heavy atom. The summed E-state index contributed by atoms with van der Waals surface area (Å²) >= 11 is 0. The number of benzene rings is 2. The molecule has 0 aromatic heterocycles. The van der Waals surface area contributed by atoms with Gasteiger partial charge in [0, 0.05) is 12.7 Å². The lowest BCUT2D eigenvalue weighted by Crippen LogP contribution is -2.40. The van der Waals surface area contributed by atoms with Gasteiger partial charge in [0.25, 0.3) is 0 Å². The highest BCUT2D eigenvalue weighted by Gasteiger charge is 2.19. The number of hydrogen-bond acceptors (Lipinski definition) is 2. The van der Waals surface area contributed by atoms with Crippen molar-refractivity contribution in [3.63, 3.8) is 0 Å². The average Bonchev–Trinajstić information content (AvgIpc) is 2.90. The van der Waals surface area contributed by atoms with Gasteiger partial charge in [-0.2, -0.15) is 0 Å². The van der Waals surface area contributed by atoms with Crippen LogP contribution in [-0.2, 0) is 6.42 Å². The van der Waals surface area contributed by atoms with Crippen molar-refractivity contribution in [2.24, 2.45) is 0 Å². The van der Waals surface area contributed by atoms with Crippen LogP contribution >= 0.6 is 0 Å². The maximum Gasteiger partial charge on any atom is 0.321 e. The van der Waals surface area contributed by atoms with Gasteiger partial charge in [0.1, 0.15) is 0 Å². The van der Waals surface area contributed by atoms with Gasteiger partial charge in [-0.05, 0) is 47.7 Å². The molecule has 4 nitrogen and oxygen atoms in total. The molecule has 2 aromatic carbocycles. The number of anilines is 1. The van der Waals surface area contributed by atoms with Crippen LogP contribution in [0, 0.1) is 0 Å². The van der Waals surface area contributed by atoms with Crippen LogP contribution in [0.2, 0.25) is 0 Å². The highest BCUT2D eigenvalue weighted by molar-refractivity contribution is 5.90. The Bertz CT molecular complexity index is 712. The highest BCUT2D eigenvalue weighted by Crippen LogP contribution is 2.37. The van der Waals surface area contributed by atoms with Gasteiger partial charge in [-0.3, -0.25) is 0 Å². The summed E-state index contributed by atoms with van der Waals surface area (Å²) in [6.45, 7) is 1.75. The molecule has 1 atom stereocenters. The second-order valence-electron chi connectivity index (χ2n) is 5.78. The second kappa shape index (κ2) is 5.81. The van der Waals surface area contributed by atoms with Crippen LogP contribution in [0.5, 0.6) is 0 Å². The fourth-order valence-corrected chi connectivity index (χ4v) is 2.76. The zero-order valence-corrected chi connectivity index (χ0v) is 12.8. The van der Waals surface area contributed by atoms with Gasteiger partial charge in [0.2, 0.25) is 0 Å². The summed E-state index contributed by atoms with van der Waals surface area (Å²) in [5.74, 6) is 0. The smallest absolute Gasteiger partial charge is 0.321 e. The summed E-state index contributed by atoms with van der Waals surface area (Å²) in [7, 11) is 1.68. The van der Waals surface area contributed by atoms with E-state index in [1.807, 2.05) is 12.1 Å². The Labute approximate surface area is 130 Å². The first kappa shape index (κ1) is 14.6. The molecule has 4 heteroatoms. The number of hydrogen-bond donors (Lipinski definition) is 2. The van der Waals surface area contributed by atoms with Crippen molar-refractivity contribution < 1.29 is 9.90 Å². The van der Waals surface area contributed by atoms with Crippen LogP contribution < -0.4 is 5.32 Å². The van der Waals surface area contributed by atoms with E-state index in [4.69, 9.17) is 5.11 Å². The first-order valence-corrected chi connectivity index (χ1v) is 7.46. The summed E-state index contributed by atoms with van der Waals surface area (Å²) in [6.07, 6.45) is 0.901. The molecule has 0 fully saturated rings. The molecule has 2 amide bonds. The van der Waals surface area contributed by atoms with E-state index in [2.05, 4.69) is 35.6 Å². The molecule has 22 heavy (non-hydrogen) atoms. The summed E-state index contributed by atoms with van der Waals surface area (Å²) in [5, 5.41) is 12.0. The lowest BCUT2D eigenvalue weighted by atomic mass is 10.1.